The summed E-state index contributed by atoms with van der Waals surface area (Å²) in [5.41, 5.74) is 5.25. The maximum Gasteiger partial charge on any atom is 0.146 e. The zero-order valence-electron chi connectivity index (χ0n) is 3.52. The molecule has 0 aliphatic carbocycles. The molecule has 2 N–H and O–H groups in total. The largest absolute Gasteiger partial charge is 0.304 e. The lowest BCUT2D eigenvalue weighted by Gasteiger charge is -1.87. The summed E-state index contributed by atoms with van der Waals surface area (Å²) in [6, 6.07) is 0. The van der Waals surface area contributed by atoms with Gasteiger partial charge >= 0.3 is 0 Å². The molecule has 0 atom stereocenters. The highest BCUT2D eigenvalue weighted by atomic mass is 14.9. The number of aliphatic imine (C=N–C) groups is 1. The molecule has 0 amide bonds. The quantitative estimate of drug-likeness (QED) is 0.449. The molecule has 0 bridgehead atoms. The summed E-state index contributed by atoms with van der Waals surface area (Å²) in [6.07, 6.45) is 4.61. The lowest BCUT2D eigenvalue weighted by molar-refractivity contribution is 0.879. The first-order valence-electron chi connectivity index (χ1n) is 2.03. The summed E-state index contributed by atoms with van der Waals surface area (Å²) >= 11 is 0. The molecule has 0 aromatic heterocycles. The van der Waals surface area contributed by atoms with Gasteiger partial charge in [-0.05, 0) is 12.8 Å². The van der Waals surface area contributed by atoms with Crippen molar-refractivity contribution >= 4 is 6.21 Å². The van der Waals surface area contributed by atoms with Crippen LogP contribution in [0.3, 0.4) is 0 Å². The SMILES string of the molecule is N[C]1CCC=N1. The Hall–Kier alpha value is -0.370. The Balaban J connectivity index is 2.38. The number of nitrogens with two attached hydrogens (primary N) is 1. The lowest BCUT2D eigenvalue weighted by Crippen LogP contribution is -2.00. The minimum absolute atomic E-state index is 0.773. The molecule has 6 heavy (non-hydrogen) atoms. The molecule has 2 nitrogen and oxygen atoms in total. The zero-order chi connectivity index (χ0) is 4.41. The Bertz CT molecular complexity index is 67.9. The first-order chi connectivity index (χ1) is 2.89. The van der Waals surface area contributed by atoms with Crippen molar-refractivity contribution < 1.29 is 0 Å². The molecule has 0 aromatic carbocycles. The maximum absolute atomic E-state index is 5.25. The molecule has 1 radical (unpaired) electrons. The minimum atomic E-state index is 0.773. The molecule has 0 fully saturated rings. The molecule has 1 rings (SSSR count). The van der Waals surface area contributed by atoms with Crippen molar-refractivity contribution in [1.29, 1.82) is 0 Å². The van der Waals surface area contributed by atoms with Gasteiger partial charge in [0.15, 0.2) is 0 Å². The fourth-order valence-corrected chi connectivity index (χ4v) is 0.459. The van der Waals surface area contributed by atoms with E-state index in [1.54, 1.807) is 0 Å². The van der Waals surface area contributed by atoms with Crippen molar-refractivity contribution in [2.45, 2.75) is 12.8 Å². The average Bonchev–Trinajstić information content (AvgIpc) is 1.86. The van der Waals surface area contributed by atoms with Crippen LogP contribution in [0.2, 0.25) is 0 Å². The first-order valence-corrected chi connectivity index (χ1v) is 2.03. The highest BCUT2D eigenvalue weighted by Crippen LogP contribution is 2.07. The van der Waals surface area contributed by atoms with Crippen molar-refractivity contribution in [2.75, 3.05) is 0 Å². The summed E-state index contributed by atoms with van der Waals surface area (Å²) in [5.74, 6) is 0. The molecule has 0 saturated carbocycles. The topological polar surface area (TPSA) is 38.4 Å². The monoisotopic (exact) mass is 83.1 g/mol. The summed E-state index contributed by atoms with van der Waals surface area (Å²) in [7, 11) is 0. The molecule has 33 valence electrons. The van der Waals surface area contributed by atoms with E-state index in [9.17, 15) is 0 Å². The van der Waals surface area contributed by atoms with Gasteiger partial charge in [0.1, 0.15) is 6.17 Å². The van der Waals surface area contributed by atoms with Gasteiger partial charge in [-0.15, -0.1) is 0 Å². The Morgan fingerprint density at radius 1 is 1.83 bits per heavy atom. The van der Waals surface area contributed by atoms with E-state index in [0.717, 1.165) is 19.0 Å². The van der Waals surface area contributed by atoms with Gasteiger partial charge in [-0.3, -0.25) is 4.99 Å². The summed E-state index contributed by atoms with van der Waals surface area (Å²) in [4.78, 5) is 3.81. The molecule has 0 unspecified atom stereocenters. The van der Waals surface area contributed by atoms with Crippen molar-refractivity contribution in [3.63, 3.8) is 0 Å². The lowest BCUT2D eigenvalue weighted by atomic mass is 10.3. The molecule has 2 heteroatoms. The molecule has 0 saturated heterocycles. The van der Waals surface area contributed by atoms with Gasteiger partial charge < -0.3 is 5.73 Å². The molecule has 0 spiro atoms. The van der Waals surface area contributed by atoms with E-state index in [-0.39, 0.29) is 0 Å². The second kappa shape index (κ2) is 1.39. The van der Waals surface area contributed by atoms with E-state index < -0.39 is 0 Å². The van der Waals surface area contributed by atoms with Crippen LogP contribution in [-0.4, -0.2) is 6.21 Å². The molecular formula is C4H7N2. The average molecular weight is 83.1 g/mol. The van der Waals surface area contributed by atoms with E-state index in [4.69, 9.17) is 5.73 Å². The Labute approximate surface area is 37.1 Å². The van der Waals surface area contributed by atoms with Crippen LogP contribution in [0, 0.1) is 6.17 Å². The molecule has 1 aliphatic rings. The van der Waals surface area contributed by atoms with Crippen LogP contribution in [0.4, 0.5) is 0 Å². The number of rotatable bonds is 0. The molecule has 1 heterocycles. The van der Waals surface area contributed by atoms with Gasteiger partial charge in [-0.2, -0.15) is 0 Å². The van der Waals surface area contributed by atoms with Crippen molar-refractivity contribution in [1.82, 2.24) is 0 Å². The van der Waals surface area contributed by atoms with Crippen molar-refractivity contribution in [2.24, 2.45) is 10.7 Å². The van der Waals surface area contributed by atoms with Crippen LogP contribution >= 0.6 is 0 Å². The van der Waals surface area contributed by atoms with Gasteiger partial charge in [0, 0.05) is 6.21 Å². The van der Waals surface area contributed by atoms with Crippen LogP contribution in [0.1, 0.15) is 12.8 Å². The van der Waals surface area contributed by atoms with Crippen LogP contribution in [-0.2, 0) is 0 Å². The van der Waals surface area contributed by atoms with Gasteiger partial charge in [-0.25, -0.2) is 0 Å². The van der Waals surface area contributed by atoms with E-state index in [0.29, 0.717) is 0 Å². The Kier molecular flexibility index (Phi) is 0.881. The third kappa shape index (κ3) is 0.571. The Morgan fingerprint density at radius 2 is 2.67 bits per heavy atom. The second-order valence-electron chi connectivity index (χ2n) is 1.34. The second-order valence-corrected chi connectivity index (χ2v) is 1.34. The van der Waals surface area contributed by atoms with Crippen LogP contribution in [0.15, 0.2) is 4.99 Å². The molecular weight excluding hydrogens is 76.1 g/mol. The highest BCUT2D eigenvalue weighted by molar-refractivity contribution is 5.61. The smallest absolute Gasteiger partial charge is 0.146 e. The first kappa shape index (κ1) is 3.81. The van der Waals surface area contributed by atoms with E-state index in [1.165, 1.54) is 0 Å². The number of hydrogen-bond acceptors (Lipinski definition) is 2. The van der Waals surface area contributed by atoms with Gasteiger partial charge in [0.25, 0.3) is 0 Å². The highest BCUT2D eigenvalue weighted by Gasteiger charge is 2.02. The van der Waals surface area contributed by atoms with Crippen molar-refractivity contribution in [3.8, 4) is 0 Å². The standard InChI is InChI=1S/C4H7N2/c5-4-2-1-3-6-4/h3H,1-2,5H2. The summed E-state index contributed by atoms with van der Waals surface area (Å²) in [6.45, 7) is 0. The normalized spacial score (nSPS) is 22.8. The van der Waals surface area contributed by atoms with Gasteiger partial charge in [0.05, 0.1) is 0 Å². The molecule has 0 aromatic rings. The van der Waals surface area contributed by atoms with E-state index in [1.807, 2.05) is 6.21 Å². The summed E-state index contributed by atoms with van der Waals surface area (Å²) < 4.78 is 0. The van der Waals surface area contributed by atoms with Gasteiger partial charge in [0.2, 0.25) is 0 Å². The number of nitrogens with zero attached hydrogens (tertiary/aromatic N) is 1. The van der Waals surface area contributed by atoms with Crippen LogP contribution in [0.5, 0.6) is 0 Å². The van der Waals surface area contributed by atoms with E-state index in [2.05, 4.69) is 4.99 Å². The summed E-state index contributed by atoms with van der Waals surface area (Å²) in [5, 5.41) is 0. The Morgan fingerprint density at radius 3 is 2.83 bits per heavy atom. The minimum Gasteiger partial charge on any atom is -0.304 e. The third-order valence-corrected chi connectivity index (χ3v) is 0.787. The maximum atomic E-state index is 5.25. The van der Waals surface area contributed by atoms with E-state index >= 15 is 0 Å². The zero-order valence-corrected chi connectivity index (χ0v) is 3.52. The van der Waals surface area contributed by atoms with Crippen LogP contribution in [0.25, 0.3) is 0 Å². The van der Waals surface area contributed by atoms with Gasteiger partial charge in [-0.1, -0.05) is 0 Å². The molecule has 1 aliphatic heterocycles. The van der Waals surface area contributed by atoms with Crippen LogP contribution < -0.4 is 5.73 Å². The fourth-order valence-electron chi connectivity index (χ4n) is 0.459. The fraction of sp³-hybridized carbons (Fsp3) is 0.500. The predicted molar refractivity (Wildman–Crippen MR) is 25.2 cm³/mol. The van der Waals surface area contributed by atoms with Crippen molar-refractivity contribution in [3.05, 3.63) is 6.17 Å². The predicted octanol–water partition coefficient (Wildman–Crippen LogP) is 0.299. The third-order valence-electron chi connectivity index (χ3n) is 0.787. The number of hydrogen-bond donors (Lipinski definition) is 1.